The van der Waals surface area contributed by atoms with Crippen molar-refractivity contribution in [2.24, 2.45) is 0 Å². The van der Waals surface area contributed by atoms with Crippen molar-refractivity contribution in [2.75, 3.05) is 0 Å². The topological polar surface area (TPSA) is 58.6 Å². The van der Waals surface area contributed by atoms with E-state index in [9.17, 15) is 4.79 Å². The van der Waals surface area contributed by atoms with Crippen LogP contribution in [0.5, 0.6) is 5.75 Å². The van der Waals surface area contributed by atoms with Crippen LogP contribution < -0.4 is 10.1 Å². The van der Waals surface area contributed by atoms with Crippen LogP contribution in [0.25, 0.3) is 0 Å². The minimum Gasteiger partial charge on any atom is -0.477 e. The first-order valence-electron chi connectivity index (χ1n) is 5.00. The Balaban J connectivity index is 2.82. The zero-order chi connectivity index (χ0) is 13.0. The molecule has 0 saturated carbocycles. The second-order valence-corrected chi connectivity index (χ2v) is 4.58. The Hall–Kier alpha value is -0.970. The quantitative estimate of drug-likeness (QED) is 0.813. The molecule has 0 heterocycles. The molecule has 0 amide bonds. The lowest BCUT2D eigenvalue weighted by Crippen LogP contribution is -2.45. The summed E-state index contributed by atoms with van der Waals surface area (Å²) in [6.07, 6.45) is -1.14. The molecule has 0 aliphatic rings. The van der Waals surface area contributed by atoms with Gasteiger partial charge < -0.3 is 9.84 Å². The third-order valence-electron chi connectivity index (χ3n) is 1.85. The second-order valence-electron chi connectivity index (χ2n) is 3.73. The number of rotatable bonds is 5. The molecule has 0 bridgehead atoms. The highest BCUT2D eigenvalue weighted by Crippen LogP contribution is 2.28. The van der Waals surface area contributed by atoms with E-state index in [-0.39, 0.29) is 16.8 Å². The van der Waals surface area contributed by atoms with Crippen LogP contribution in [-0.2, 0) is 4.79 Å². The van der Waals surface area contributed by atoms with Crippen LogP contribution in [0, 0.1) is 0 Å². The summed E-state index contributed by atoms with van der Waals surface area (Å²) in [5.74, 6) is -0.832. The molecular formula is C11H13Cl2NO3. The first-order chi connectivity index (χ1) is 7.90. The summed E-state index contributed by atoms with van der Waals surface area (Å²) in [6.45, 7) is 3.64. The number of nitrogens with one attached hydrogen (secondary N) is 1. The minimum atomic E-state index is -1.14. The van der Waals surface area contributed by atoms with Gasteiger partial charge in [-0.2, -0.15) is 0 Å². The summed E-state index contributed by atoms with van der Waals surface area (Å²) in [5, 5.41) is 12.5. The van der Waals surface area contributed by atoms with E-state index in [0.29, 0.717) is 5.02 Å². The maximum Gasteiger partial charge on any atom is 0.360 e. The minimum absolute atomic E-state index is 0.0258. The third-order valence-corrected chi connectivity index (χ3v) is 2.38. The predicted molar refractivity (Wildman–Crippen MR) is 66.8 cm³/mol. The lowest BCUT2D eigenvalue weighted by Gasteiger charge is -2.19. The van der Waals surface area contributed by atoms with Crippen LogP contribution in [0.3, 0.4) is 0 Å². The van der Waals surface area contributed by atoms with Crippen molar-refractivity contribution in [1.29, 1.82) is 0 Å². The molecule has 17 heavy (non-hydrogen) atoms. The van der Waals surface area contributed by atoms with Gasteiger partial charge in [0.2, 0.25) is 6.23 Å². The fourth-order valence-corrected chi connectivity index (χ4v) is 1.61. The van der Waals surface area contributed by atoms with Gasteiger partial charge in [-0.15, -0.1) is 0 Å². The standard InChI is InChI=1S/C11H13Cl2NO3/c1-6(2)14-10(11(15)16)17-9-4-3-7(12)5-8(9)13/h3-6,10,14H,1-2H3,(H,15,16). The van der Waals surface area contributed by atoms with Gasteiger partial charge >= 0.3 is 5.97 Å². The highest BCUT2D eigenvalue weighted by atomic mass is 35.5. The second kappa shape index (κ2) is 6.10. The highest BCUT2D eigenvalue weighted by Gasteiger charge is 2.20. The van der Waals surface area contributed by atoms with Crippen molar-refractivity contribution >= 4 is 29.2 Å². The van der Waals surface area contributed by atoms with Crippen LogP contribution in [-0.4, -0.2) is 23.3 Å². The average molecular weight is 278 g/mol. The van der Waals surface area contributed by atoms with Crippen LogP contribution in [0.1, 0.15) is 13.8 Å². The lowest BCUT2D eigenvalue weighted by molar-refractivity contribution is -0.147. The molecule has 4 nitrogen and oxygen atoms in total. The molecule has 1 aromatic carbocycles. The van der Waals surface area contributed by atoms with E-state index in [1.807, 2.05) is 13.8 Å². The van der Waals surface area contributed by atoms with Gasteiger partial charge in [0.05, 0.1) is 5.02 Å². The van der Waals surface area contributed by atoms with Crippen molar-refractivity contribution in [3.8, 4) is 5.75 Å². The molecular weight excluding hydrogens is 265 g/mol. The molecule has 1 atom stereocenters. The zero-order valence-corrected chi connectivity index (χ0v) is 10.9. The van der Waals surface area contributed by atoms with Gasteiger partial charge in [-0.25, -0.2) is 4.79 Å². The number of benzene rings is 1. The van der Waals surface area contributed by atoms with E-state index in [0.717, 1.165) is 0 Å². The van der Waals surface area contributed by atoms with Crippen molar-refractivity contribution in [3.05, 3.63) is 28.2 Å². The summed E-state index contributed by atoms with van der Waals surface area (Å²) < 4.78 is 5.27. The molecule has 1 rings (SSSR count). The Bertz CT molecular complexity index is 410. The largest absolute Gasteiger partial charge is 0.477 e. The average Bonchev–Trinajstić information content (AvgIpc) is 2.19. The molecule has 0 radical (unpaired) electrons. The summed E-state index contributed by atoms with van der Waals surface area (Å²) in [6, 6.07) is 4.58. The molecule has 0 saturated heterocycles. The van der Waals surface area contributed by atoms with Gasteiger partial charge in [0.25, 0.3) is 0 Å². The number of ether oxygens (including phenoxy) is 1. The van der Waals surface area contributed by atoms with E-state index in [4.69, 9.17) is 33.0 Å². The van der Waals surface area contributed by atoms with Crippen molar-refractivity contribution < 1.29 is 14.6 Å². The Morgan fingerprint density at radius 2 is 2.06 bits per heavy atom. The maximum absolute atomic E-state index is 11.0. The molecule has 6 heteroatoms. The molecule has 0 spiro atoms. The van der Waals surface area contributed by atoms with Crippen molar-refractivity contribution in [3.63, 3.8) is 0 Å². The van der Waals surface area contributed by atoms with Gasteiger partial charge in [-0.1, -0.05) is 23.2 Å². The maximum atomic E-state index is 11.0. The summed E-state index contributed by atoms with van der Waals surface area (Å²) >= 11 is 11.6. The van der Waals surface area contributed by atoms with Crippen molar-refractivity contribution in [2.45, 2.75) is 26.1 Å². The lowest BCUT2D eigenvalue weighted by atomic mass is 10.3. The van der Waals surface area contributed by atoms with Crippen LogP contribution in [0.15, 0.2) is 18.2 Å². The number of aliphatic carboxylic acids is 1. The fourth-order valence-electron chi connectivity index (χ4n) is 1.16. The Morgan fingerprint density at radius 1 is 1.41 bits per heavy atom. The first-order valence-corrected chi connectivity index (χ1v) is 5.76. The molecule has 94 valence electrons. The molecule has 1 aromatic rings. The van der Waals surface area contributed by atoms with Crippen LogP contribution in [0.4, 0.5) is 0 Å². The van der Waals surface area contributed by atoms with Gasteiger partial charge in [-0.05, 0) is 32.0 Å². The number of halogens is 2. The summed E-state index contributed by atoms with van der Waals surface area (Å²) in [5.41, 5.74) is 0. The number of hydrogen-bond acceptors (Lipinski definition) is 3. The van der Waals surface area contributed by atoms with Crippen LogP contribution in [0.2, 0.25) is 10.0 Å². The number of carboxylic acid groups (broad SMARTS) is 1. The monoisotopic (exact) mass is 277 g/mol. The summed E-state index contributed by atoms with van der Waals surface area (Å²) in [7, 11) is 0. The van der Waals surface area contributed by atoms with Gasteiger partial charge in [0.1, 0.15) is 5.75 Å². The molecule has 2 N–H and O–H groups in total. The first kappa shape index (κ1) is 14.1. The van der Waals surface area contributed by atoms with Crippen molar-refractivity contribution in [1.82, 2.24) is 5.32 Å². The molecule has 1 unspecified atom stereocenters. The zero-order valence-electron chi connectivity index (χ0n) is 9.41. The highest BCUT2D eigenvalue weighted by molar-refractivity contribution is 6.35. The number of hydrogen-bond donors (Lipinski definition) is 2. The Kier molecular flexibility index (Phi) is 5.05. The van der Waals surface area contributed by atoms with Gasteiger partial charge in [0, 0.05) is 11.1 Å². The molecule has 0 fully saturated rings. The molecule has 0 aliphatic heterocycles. The normalized spacial score (nSPS) is 12.5. The predicted octanol–water partition coefficient (Wildman–Crippen LogP) is 2.78. The van der Waals surface area contributed by atoms with Gasteiger partial charge in [0.15, 0.2) is 0 Å². The van der Waals surface area contributed by atoms with Gasteiger partial charge in [-0.3, -0.25) is 5.32 Å². The smallest absolute Gasteiger partial charge is 0.360 e. The fraction of sp³-hybridized carbons (Fsp3) is 0.364. The van der Waals surface area contributed by atoms with E-state index in [1.165, 1.54) is 12.1 Å². The third kappa shape index (κ3) is 4.42. The van der Waals surface area contributed by atoms with Crippen LogP contribution >= 0.6 is 23.2 Å². The Labute approximate surface area is 109 Å². The van der Waals surface area contributed by atoms with E-state index < -0.39 is 12.2 Å². The Morgan fingerprint density at radius 3 is 2.53 bits per heavy atom. The summed E-state index contributed by atoms with van der Waals surface area (Å²) in [4.78, 5) is 11.0. The SMILES string of the molecule is CC(C)NC(Oc1ccc(Cl)cc1Cl)C(=O)O. The number of carboxylic acids is 1. The molecule has 0 aliphatic carbocycles. The molecule has 0 aromatic heterocycles. The van der Waals surface area contributed by atoms with E-state index in [2.05, 4.69) is 5.32 Å². The number of carbonyl (C=O) groups is 1. The van der Waals surface area contributed by atoms with E-state index in [1.54, 1.807) is 6.07 Å². The van der Waals surface area contributed by atoms with E-state index >= 15 is 0 Å².